The van der Waals surface area contributed by atoms with Crippen LogP contribution in [0.25, 0.3) is 10.9 Å². The second kappa shape index (κ2) is 7.60. The zero-order valence-corrected chi connectivity index (χ0v) is 18.3. The first-order valence-electron chi connectivity index (χ1n) is 9.10. The molecule has 1 atom stereocenters. The second-order valence-electron chi connectivity index (χ2n) is 8.23. The van der Waals surface area contributed by atoms with Crippen molar-refractivity contribution in [2.24, 2.45) is 5.41 Å². The fourth-order valence-corrected chi connectivity index (χ4v) is 4.06. The van der Waals surface area contributed by atoms with E-state index in [1.807, 2.05) is 0 Å². The molecule has 0 aliphatic heterocycles. The molecule has 0 fully saturated rings. The van der Waals surface area contributed by atoms with Crippen LogP contribution in [0.3, 0.4) is 0 Å². The second-order valence-corrected chi connectivity index (χ2v) is 9.04. The summed E-state index contributed by atoms with van der Waals surface area (Å²) in [5.74, 6) is -4.16. The number of phenolic OH excluding ortho intramolecular Hbond substituents is 1. The van der Waals surface area contributed by atoms with Crippen LogP contribution in [-0.2, 0) is 4.79 Å². The molecule has 3 aromatic rings. The number of fused-ring (bicyclic) bond motifs is 1. The van der Waals surface area contributed by atoms with E-state index in [9.17, 15) is 24.2 Å². The van der Waals surface area contributed by atoms with E-state index in [1.165, 1.54) is 22.8 Å². The Balaban J connectivity index is 2.39. The number of hydrogen-bond donors (Lipinski definition) is 2. The third-order valence-corrected chi connectivity index (χ3v) is 5.83. The van der Waals surface area contributed by atoms with Crippen LogP contribution in [0.4, 0.5) is 4.39 Å². The first-order valence-corrected chi connectivity index (χ1v) is 9.86. The summed E-state index contributed by atoms with van der Waals surface area (Å²) in [5, 5.41) is 20.6. The molecular formula is C22H20Cl2FNO4. The van der Waals surface area contributed by atoms with Gasteiger partial charge in [-0.25, -0.2) is 4.39 Å². The van der Waals surface area contributed by atoms with Crippen molar-refractivity contribution in [2.45, 2.75) is 33.6 Å². The molecule has 2 aromatic carbocycles. The molecule has 30 heavy (non-hydrogen) atoms. The van der Waals surface area contributed by atoms with Crippen LogP contribution < -0.4 is 0 Å². The molecule has 0 aliphatic carbocycles. The maximum Gasteiger partial charge on any atom is 0.311 e. The summed E-state index contributed by atoms with van der Waals surface area (Å²) < 4.78 is 15.5. The molecule has 158 valence electrons. The highest BCUT2D eigenvalue weighted by atomic mass is 35.5. The quantitative estimate of drug-likeness (QED) is 0.511. The van der Waals surface area contributed by atoms with Crippen molar-refractivity contribution >= 4 is 46.0 Å². The normalized spacial score (nSPS) is 12.9. The van der Waals surface area contributed by atoms with Crippen LogP contribution in [-0.4, -0.2) is 26.7 Å². The average molecular weight is 452 g/mol. The number of phenols is 1. The van der Waals surface area contributed by atoms with Gasteiger partial charge in [0.25, 0.3) is 5.91 Å². The Morgan fingerprint density at radius 2 is 1.73 bits per heavy atom. The lowest BCUT2D eigenvalue weighted by molar-refractivity contribution is -0.141. The summed E-state index contributed by atoms with van der Waals surface area (Å²) in [6.45, 7) is 6.89. The van der Waals surface area contributed by atoms with Gasteiger partial charge in [0.1, 0.15) is 0 Å². The number of aliphatic carboxylic acids is 1. The van der Waals surface area contributed by atoms with Gasteiger partial charge in [-0.15, -0.1) is 0 Å². The zero-order valence-electron chi connectivity index (χ0n) is 16.8. The molecule has 1 aromatic heterocycles. The van der Waals surface area contributed by atoms with Gasteiger partial charge in [0.15, 0.2) is 11.6 Å². The fourth-order valence-electron chi connectivity index (χ4n) is 3.76. The number of carbonyl (C=O) groups excluding carboxylic acids is 1. The lowest BCUT2D eigenvalue weighted by Gasteiger charge is -2.27. The monoisotopic (exact) mass is 451 g/mol. The van der Waals surface area contributed by atoms with Gasteiger partial charge in [0.05, 0.1) is 21.5 Å². The Hall–Kier alpha value is -2.57. The van der Waals surface area contributed by atoms with Gasteiger partial charge >= 0.3 is 5.97 Å². The number of rotatable bonds is 3. The minimum atomic E-state index is -1.09. The van der Waals surface area contributed by atoms with Gasteiger partial charge in [-0.3, -0.25) is 14.2 Å². The van der Waals surface area contributed by atoms with Crippen LogP contribution in [0.2, 0.25) is 10.0 Å². The Labute approximate surface area is 182 Å². The first kappa shape index (κ1) is 22.1. The molecule has 0 spiro atoms. The van der Waals surface area contributed by atoms with Gasteiger partial charge in [0, 0.05) is 22.7 Å². The predicted molar refractivity (Wildman–Crippen MR) is 114 cm³/mol. The van der Waals surface area contributed by atoms with Crippen molar-refractivity contribution < 1.29 is 24.2 Å². The molecule has 1 heterocycles. The molecule has 0 radical (unpaired) electrons. The third kappa shape index (κ3) is 3.66. The topological polar surface area (TPSA) is 79.5 Å². The van der Waals surface area contributed by atoms with Crippen molar-refractivity contribution in [3.63, 3.8) is 0 Å². The number of carbonyl (C=O) groups is 2. The van der Waals surface area contributed by atoms with Gasteiger partial charge in [-0.2, -0.15) is 0 Å². The van der Waals surface area contributed by atoms with Crippen molar-refractivity contribution in [1.29, 1.82) is 0 Å². The predicted octanol–water partition coefficient (Wildman–Crippen LogP) is 6.00. The molecule has 2 N–H and O–H groups in total. The Morgan fingerprint density at radius 1 is 1.10 bits per heavy atom. The molecular weight excluding hydrogens is 432 g/mol. The molecule has 5 nitrogen and oxygen atoms in total. The summed E-state index contributed by atoms with van der Waals surface area (Å²) in [6.07, 6.45) is 0. The van der Waals surface area contributed by atoms with Gasteiger partial charge in [-0.1, -0.05) is 44.0 Å². The van der Waals surface area contributed by atoms with Crippen molar-refractivity contribution in [1.82, 2.24) is 4.57 Å². The van der Waals surface area contributed by atoms with Crippen LogP contribution in [0.5, 0.6) is 5.75 Å². The number of carboxylic acid groups (broad SMARTS) is 1. The number of halogens is 3. The third-order valence-electron chi connectivity index (χ3n) is 5.09. The summed E-state index contributed by atoms with van der Waals surface area (Å²) >= 11 is 12.0. The molecule has 1 unspecified atom stereocenters. The van der Waals surface area contributed by atoms with Gasteiger partial charge < -0.3 is 10.2 Å². The summed E-state index contributed by atoms with van der Waals surface area (Å²) in [6, 6.07) is 6.54. The van der Waals surface area contributed by atoms with Crippen LogP contribution >= 0.6 is 23.2 Å². The maximum absolute atomic E-state index is 14.2. The average Bonchev–Trinajstić information content (AvgIpc) is 2.87. The molecule has 8 heteroatoms. The molecule has 3 rings (SSSR count). The standard InChI is InChI=1S/C22H20Cl2FNO4/c1-10-18(19(21(29)30)22(2,3)4)12-8-17(27)15(25)9-16(12)26(10)20(28)11-5-6-13(23)14(24)7-11/h5-9,19,27H,1-4H3,(H,29,30). The number of carboxylic acids is 1. The Bertz CT molecular complexity index is 1190. The molecule has 0 amide bonds. The molecule has 0 aliphatic rings. The highest BCUT2D eigenvalue weighted by molar-refractivity contribution is 6.42. The Kier molecular flexibility index (Phi) is 5.60. The molecule has 0 saturated heterocycles. The number of aromatic hydroxyl groups is 1. The number of aromatic nitrogens is 1. The van der Waals surface area contributed by atoms with E-state index in [1.54, 1.807) is 27.7 Å². The number of hydrogen-bond acceptors (Lipinski definition) is 3. The van der Waals surface area contributed by atoms with Crippen molar-refractivity contribution in [3.8, 4) is 5.75 Å². The zero-order chi connectivity index (χ0) is 22.5. The van der Waals surface area contributed by atoms with Crippen molar-refractivity contribution in [2.75, 3.05) is 0 Å². The maximum atomic E-state index is 14.2. The lowest BCUT2D eigenvalue weighted by Crippen LogP contribution is -2.27. The minimum Gasteiger partial charge on any atom is -0.505 e. The van der Waals surface area contributed by atoms with Crippen molar-refractivity contribution in [3.05, 3.63) is 63.0 Å². The number of benzene rings is 2. The number of nitrogens with zero attached hydrogens (tertiary/aromatic N) is 1. The molecule has 0 saturated carbocycles. The summed E-state index contributed by atoms with van der Waals surface area (Å²) in [4.78, 5) is 25.5. The highest BCUT2D eigenvalue weighted by Gasteiger charge is 2.38. The van der Waals surface area contributed by atoms with E-state index in [0.717, 1.165) is 12.1 Å². The first-order chi connectivity index (χ1) is 13.8. The van der Waals surface area contributed by atoms with E-state index in [2.05, 4.69) is 0 Å². The van der Waals surface area contributed by atoms with E-state index >= 15 is 0 Å². The largest absolute Gasteiger partial charge is 0.505 e. The smallest absolute Gasteiger partial charge is 0.311 e. The van der Waals surface area contributed by atoms with Gasteiger partial charge in [-0.05, 0) is 42.2 Å². The fraction of sp³-hybridized carbons (Fsp3) is 0.273. The van der Waals surface area contributed by atoms with Crippen LogP contribution in [0.1, 0.15) is 48.3 Å². The lowest BCUT2D eigenvalue weighted by atomic mass is 9.75. The van der Waals surface area contributed by atoms with E-state index in [-0.39, 0.29) is 21.1 Å². The molecule has 0 bridgehead atoms. The minimum absolute atomic E-state index is 0.157. The van der Waals surface area contributed by atoms with Crippen LogP contribution in [0, 0.1) is 18.2 Å². The highest BCUT2D eigenvalue weighted by Crippen LogP contribution is 2.43. The van der Waals surface area contributed by atoms with E-state index < -0.39 is 34.8 Å². The summed E-state index contributed by atoms with van der Waals surface area (Å²) in [5.41, 5.74) is 0.324. The van der Waals surface area contributed by atoms with E-state index in [4.69, 9.17) is 23.2 Å². The Morgan fingerprint density at radius 3 is 2.27 bits per heavy atom. The van der Waals surface area contributed by atoms with Gasteiger partial charge in [0.2, 0.25) is 0 Å². The SMILES string of the molecule is Cc1c(C(C(=O)O)C(C)(C)C)c2cc(O)c(F)cc2n1C(=O)c1ccc(Cl)c(Cl)c1. The van der Waals surface area contributed by atoms with Crippen LogP contribution in [0.15, 0.2) is 30.3 Å². The van der Waals surface area contributed by atoms with E-state index in [0.29, 0.717) is 16.6 Å². The summed E-state index contributed by atoms with van der Waals surface area (Å²) in [7, 11) is 0.